The molecule has 2 aliphatic rings. The van der Waals surface area contributed by atoms with Gasteiger partial charge in [-0.05, 0) is 38.0 Å². The van der Waals surface area contributed by atoms with Gasteiger partial charge >= 0.3 is 0 Å². The number of unbranched alkanes of at least 4 members (excludes halogenated alkanes) is 2. The number of ether oxygens (including phenoxy) is 1. The Balaban J connectivity index is 1.83. The molecule has 0 aromatic carbocycles. The van der Waals surface area contributed by atoms with E-state index in [0.29, 0.717) is 12.0 Å². The molecule has 1 aliphatic heterocycles. The number of allylic oxidation sites excluding steroid dienone is 1. The SMILES string of the molecule is CCCCCOC1CCC(C=CC2NC(C(Cl)(Cl)Cl)NC(C(Cl)(Cl)Cl)N2)CC1. The fourth-order valence-corrected chi connectivity index (χ4v) is 4.23. The zero-order chi connectivity index (χ0) is 20.8. The monoisotopic (exact) mass is 513 g/mol. The molecule has 28 heavy (non-hydrogen) atoms. The first-order chi connectivity index (χ1) is 13.1. The fraction of sp³-hybridized carbons (Fsp3) is 0.889. The van der Waals surface area contributed by atoms with Gasteiger partial charge in [0.05, 0.1) is 12.3 Å². The molecule has 164 valence electrons. The van der Waals surface area contributed by atoms with Crippen LogP contribution in [0.15, 0.2) is 12.2 Å². The van der Waals surface area contributed by atoms with Gasteiger partial charge in [-0.2, -0.15) is 0 Å². The maximum absolute atomic E-state index is 6.03. The molecule has 0 aromatic heterocycles. The lowest BCUT2D eigenvalue weighted by molar-refractivity contribution is 0.0203. The number of hydrogen-bond donors (Lipinski definition) is 3. The van der Waals surface area contributed by atoms with E-state index in [2.05, 4.69) is 29.0 Å². The standard InChI is InChI=1S/C18H29Cl6N3O/c1-2-3-4-11-28-13-8-5-12(6-9-13)7-10-14-25-15(17(19,20)21)27-16(26-14)18(22,23)24/h7,10,12-16,25-27H,2-6,8-9,11H2,1H3. The van der Waals surface area contributed by atoms with Gasteiger partial charge in [-0.15, -0.1) is 0 Å². The number of nitrogens with one attached hydrogen (secondary N) is 3. The predicted octanol–water partition coefficient (Wildman–Crippen LogP) is 5.81. The van der Waals surface area contributed by atoms with Crippen LogP contribution in [0, 0.1) is 5.92 Å². The van der Waals surface area contributed by atoms with Crippen molar-refractivity contribution in [2.45, 2.75) is 84.1 Å². The van der Waals surface area contributed by atoms with E-state index in [1.807, 2.05) is 6.08 Å². The highest BCUT2D eigenvalue weighted by Gasteiger charge is 2.44. The van der Waals surface area contributed by atoms with Gasteiger partial charge in [0, 0.05) is 6.61 Å². The normalized spacial score (nSPS) is 32.8. The second-order valence-electron chi connectivity index (χ2n) is 7.43. The van der Waals surface area contributed by atoms with Gasteiger partial charge in [0.2, 0.25) is 7.59 Å². The van der Waals surface area contributed by atoms with E-state index >= 15 is 0 Å². The van der Waals surface area contributed by atoms with Gasteiger partial charge in [-0.25, -0.2) is 0 Å². The molecule has 2 unspecified atom stereocenters. The smallest absolute Gasteiger partial charge is 0.218 e. The minimum Gasteiger partial charge on any atom is -0.378 e. The molecular weight excluding hydrogens is 487 g/mol. The minimum atomic E-state index is -1.59. The quantitative estimate of drug-likeness (QED) is 0.227. The van der Waals surface area contributed by atoms with Crippen LogP contribution >= 0.6 is 69.6 Å². The second-order valence-corrected chi connectivity index (χ2v) is 12.2. The van der Waals surface area contributed by atoms with Crippen LogP contribution in [-0.4, -0.2) is 38.8 Å². The highest BCUT2D eigenvalue weighted by Crippen LogP contribution is 2.35. The molecule has 0 amide bonds. The fourth-order valence-electron chi connectivity index (χ4n) is 3.48. The topological polar surface area (TPSA) is 45.3 Å². The van der Waals surface area contributed by atoms with Crippen LogP contribution in [0.2, 0.25) is 0 Å². The molecule has 1 aliphatic carbocycles. The lowest BCUT2D eigenvalue weighted by Crippen LogP contribution is -2.73. The average molecular weight is 516 g/mol. The highest BCUT2D eigenvalue weighted by molar-refractivity contribution is 6.68. The average Bonchev–Trinajstić information content (AvgIpc) is 2.63. The van der Waals surface area contributed by atoms with Gasteiger partial charge in [-0.1, -0.05) is 102 Å². The first-order valence-electron chi connectivity index (χ1n) is 9.81. The molecule has 10 heteroatoms. The summed E-state index contributed by atoms with van der Waals surface area (Å²) in [6.07, 6.45) is 10.9. The van der Waals surface area contributed by atoms with Crippen molar-refractivity contribution in [3.8, 4) is 0 Å². The number of rotatable bonds is 7. The first-order valence-corrected chi connectivity index (χ1v) is 12.1. The van der Waals surface area contributed by atoms with Gasteiger partial charge in [-0.3, -0.25) is 16.0 Å². The van der Waals surface area contributed by atoms with E-state index in [4.69, 9.17) is 74.3 Å². The Kier molecular flexibility index (Phi) is 10.8. The third-order valence-electron chi connectivity index (χ3n) is 5.08. The molecular formula is C18H29Cl6N3O. The Bertz CT molecular complexity index is 467. The van der Waals surface area contributed by atoms with E-state index in [0.717, 1.165) is 38.7 Å². The summed E-state index contributed by atoms with van der Waals surface area (Å²) in [5, 5.41) is 9.33. The van der Waals surface area contributed by atoms with Crippen LogP contribution in [0.25, 0.3) is 0 Å². The lowest BCUT2D eigenvalue weighted by atomic mass is 9.87. The predicted molar refractivity (Wildman–Crippen MR) is 122 cm³/mol. The van der Waals surface area contributed by atoms with Crippen molar-refractivity contribution < 1.29 is 4.74 Å². The molecule has 1 heterocycles. The van der Waals surface area contributed by atoms with Crippen LogP contribution in [0.3, 0.4) is 0 Å². The summed E-state index contributed by atoms with van der Waals surface area (Å²) in [5.74, 6) is 0.492. The van der Waals surface area contributed by atoms with E-state index in [9.17, 15) is 0 Å². The zero-order valence-corrected chi connectivity index (χ0v) is 20.4. The Morgan fingerprint density at radius 1 is 0.821 bits per heavy atom. The van der Waals surface area contributed by atoms with E-state index < -0.39 is 19.9 Å². The van der Waals surface area contributed by atoms with Crippen LogP contribution < -0.4 is 16.0 Å². The molecule has 0 aromatic rings. The maximum atomic E-state index is 6.03. The van der Waals surface area contributed by atoms with Crippen molar-refractivity contribution >= 4 is 69.6 Å². The summed E-state index contributed by atoms with van der Waals surface area (Å²) in [6.45, 7) is 3.08. The van der Waals surface area contributed by atoms with Crippen molar-refractivity contribution in [2.24, 2.45) is 5.92 Å². The third-order valence-corrected chi connectivity index (χ3v) is 6.39. The second kappa shape index (κ2) is 11.8. The van der Waals surface area contributed by atoms with Crippen molar-refractivity contribution in [1.29, 1.82) is 0 Å². The summed E-state index contributed by atoms with van der Waals surface area (Å²) >= 11 is 36.2. The summed E-state index contributed by atoms with van der Waals surface area (Å²) in [4.78, 5) is 0. The molecule has 0 spiro atoms. The number of halogens is 6. The Labute approximate surface area is 198 Å². The van der Waals surface area contributed by atoms with Crippen molar-refractivity contribution in [2.75, 3.05) is 6.61 Å². The van der Waals surface area contributed by atoms with Crippen LogP contribution in [0.5, 0.6) is 0 Å². The molecule has 0 radical (unpaired) electrons. The lowest BCUT2D eigenvalue weighted by Gasteiger charge is -2.42. The minimum absolute atomic E-state index is 0.287. The molecule has 1 saturated carbocycles. The van der Waals surface area contributed by atoms with Gasteiger partial charge in [0.25, 0.3) is 0 Å². The number of alkyl halides is 6. The summed E-state index contributed by atoms with van der Waals surface area (Å²) in [7, 11) is 0. The van der Waals surface area contributed by atoms with Crippen molar-refractivity contribution in [3.63, 3.8) is 0 Å². The van der Waals surface area contributed by atoms with Gasteiger partial charge in [0.15, 0.2) is 0 Å². The van der Waals surface area contributed by atoms with E-state index in [-0.39, 0.29) is 6.17 Å². The molecule has 0 bridgehead atoms. The summed E-state index contributed by atoms with van der Waals surface area (Å²) in [6, 6.07) is 0. The van der Waals surface area contributed by atoms with Gasteiger partial charge < -0.3 is 4.74 Å². The Morgan fingerprint density at radius 2 is 1.39 bits per heavy atom. The molecule has 1 saturated heterocycles. The molecule has 4 nitrogen and oxygen atoms in total. The molecule has 2 atom stereocenters. The first kappa shape index (κ1) is 25.6. The zero-order valence-electron chi connectivity index (χ0n) is 15.9. The molecule has 2 fully saturated rings. The summed E-state index contributed by atoms with van der Waals surface area (Å²) in [5.41, 5.74) is 0. The van der Waals surface area contributed by atoms with Crippen molar-refractivity contribution in [1.82, 2.24) is 16.0 Å². The van der Waals surface area contributed by atoms with Crippen LogP contribution in [0.4, 0.5) is 0 Å². The largest absolute Gasteiger partial charge is 0.378 e. The highest BCUT2D eigenvalue weighted by atomic mass is 35.6. The molecule has 3 N–H and O–H groups in total. The Hall–Kier alpha value is 1.32. The van der Waals surface area contributed by atoms with Crippen LogP contribution in [0.1, 0.15) is 51.9 Å². The van der Waals surface area contributed by atoms with E-state index in [1.54, 1.807) is 0 Å². The molecule has 2 rings (SSSR count). The van der Waals surface area contributed by atoms with E-state index in [1.165, 1.54) is 12.8 Å². The van der Waals surface area contributed by atoms with Crippen molar-refractivity contribution in [3.05, 3.63) is 12.2 Å². The third kappa shape index (κ3) is 8.82. The number of hydrogen-bond acceptors (Lipinski definition) is 4. The Morgan fingerprint density at radius 3 is 1.89 bits per heavy atom. The summed E-state index contributed by atoms with van der Waals surface area (Å²) < 4.78 is 2.81. The maximum Gasteiger partial charge on any atom is 0.218 e. The van der Waals surface area contributed by atoms with Gasteiger partial charge in [0.1, 0.15) is 12.3 Å². The van der Waals surface area contributed by atoms with Crippen LogP contribution in [-0.2, 0) is 4.74 Å².